The topological polar surface area (TPSA) is 94.8 Å². The predicted molar refractivity (Wildman–Crippen MR) is 76.1 cm³/mol. The minimum Gasteiger partial charge on any atom is -0.387 e. The fourth-order valence-electron chi connectivity index (χ4n) is 2.12. The number of hydrogen-bond acceptors (Lipinski definition) is 4. The van der Waals surface area contributed by atoms with Crippen molar-refractivity contribution in [3.8, 4) is 0 Å². The molecule has 0 amide bonds. The van der Waals surface area contributed by atoms with Gasteiger partial charge in [0.25, 0.3) is 10.1 Å². The minimum absolute atomic E-state index is 0.0219. The van der Waals surface area contributed by atoms with E-state index in [2.05, 4.69) is 0 Å². The summed E-state index contributed by atoms with van der Waals surface area (Å²) in [6, 6.07) is 4.23. The molecule has 0 bridgehead atoms. The summed E-state index contributed by atoms with van der Waals surface area (Å²) in [5.41, 5.74) is -0.699. The van der Waals surface area contributed by atoms with Crippen LogP contribution in [0.15, 0.2) is 23.1 Å². The molecule has 0 aliphatic rings. The van der Waals surface area contributed by atoms with Gasteiger partial charge in [-0.15, -0.1) is 0 Å². The van der Waals surface area contributed by atoms with Crippen molar-refractivity contribution in [2.45, 2.75) is 56.6 Å². The fraction of sp³-hybridized carbons (Fsp3) is 0.571. The van der Waals surface area contributed by atoms with Crippen LogP contribution in [0, 0.1) is 6.92 Å². The lowest BCUT2D eigenvalue weighted by atomic mass is 9.88. The van der Waals surface area contributed by atoms with Crippen LogP contribution < -0.4 is 0 Å². The second-order valence-electron chi connectivity index (χ2n) is 5.38. The number of rotatable bonds is 6. The fourth-order valence-corrected chi connectivity index (χ4v) is 2.83. The highest BCUT2D eigenvalue weighted by Gasteiger charge is 2.34. The number of aliphatic hydroxyl groups excluding tert-OH is 1. The molecule has 0 heterocycles. The van der Waals surface area contributed by atoms with Crippen LogP contribution in [0.25, 0.3) is 0 Å². The number of hydrogen-bond donors (Lipinski definition) is 3. The monoisotopic (exact) mass is 302 g/mol. The van der Waals surface area contributed by atoms with Crippen LogP contribution in [0.3, 0.4) is 0 Å². The molecule has 20 heavy (non-hydrogen) atoms. The molecular weight excluding hydrogens is 280 g/mol. The van der Waals surface area contributed by atoms with Gasteiger partial charge in [-0.2, -0.15) is 8.42 Å². The zero-order valence-electron chi connectivity index (χ0n) is 12.0. The van der Waals surface area contributed by atoms with Gasteiger partial charge in [-0.1, -0.05) is 37.5 Å². The van der Waals surface area contributed by atoms with Crippen molar-refractivity contribution in [1.82, 2.24) is 0 Å². The van der Waals surface area contributed by atoms with Crippen LogP contribution in [0.4, 0.5) is 0 Å². The van der Waals surface area contributed by atoms with E-state index in [4.69, 9.17) is 0 Å². The third kappa shape index (κ3) is 4.02. The third-order valence-electron chi connectivity index (χ3n) is 3.36. The molecule has 0 fully saturated rings. The molecule has 1 unspecified atom stereocenters. The number of benzene rings is 1. The Balaban J connectivity index is 3.27. The molecule has 0 saturated heterocycles. The van der Waals surface area contributed by atoms with Gasteiger partial charge >= 0.3 is 0 Å². The molecule has 0 aromatic heterocycles. The van der Waals surface area contributed by atoms with E-state index >= 15 is 0 Å². The first kappa shape index (κ1) is 17.1. The molecule has 0 spiro atoms. The normalized spacial score (nSPS) is 16.7. The Kier molecular flexibility index (Phi) is 5.32. The lowest BCUT2D eigenvalue weighted by Gasteiger charge is -2.30. The van der Waals surface area contributed by atoms with E-state index in [1.807, 2.05) is 6.92 Å². The first-order chi connectivity index (χ1) is 9.09. The maximum absolute atomic E-state index is 11.4. The average Bonchev–Trinajstić information content (AvgIpc) is 2.33. The number of aryl methyl sites for hydroxylation is 1. The summed E-state index contributed by atoms with van der Waals surface area (Å²) in [6.45, 7) is 5.16. The van der Waals surface area contributed by atoms with E-state index in [9.17, 15) is 23.2 Å². The van der Waals surface area contributed by atoms with E-state index in [-0.39, 0.29) is 10.5 Å². The summed E-state index contributed by atoms with van der Waals surface area (Å²) in [5, 5.41) is 20.6. The van der Waals surface area contributed by atoms with Crippen molar-refractivity contribution in [3.63, 3.8) is 0 Å². The molecule has 1 aromatic carbocycles. The quantitative estimate of drug-likeness (QED) is 0.700. The van der Waals surface area contributed by atoms with Crippen LogP contribution >= 0.6 is 0 Å². The molecular formula is C14H22O5S. The Morgan fingerprint density at radius 1 is 1.35 bits per heavy atom. The van der Waals surface area contributed by atoms with Gasteiger partial charge in [0.1, 0.15) is 6.10 Å². The van der Waals surface area contributed by atoms with Crippen LogP contribution in [0.5, 0.6) is 0 Å². The molecule has 0 aliphatic heterocycles. The summed E-state index contributed by atoms with van der Waals surface area (Å²) in [5.74, 6) is 0. The molecule has 5 nitrogen and oxygen atoms in total. The largest absolute Gasteiger partial charge is 0.387 e. The molecule has 0 aliphatic carbocycles. The van der Waals surface area contributed by atoms with Crippen molar-refractivity contribution in [1.29, 1.82) is 0 Å². The molecule has 3 N–H and O–H groups in total. The minimum atomic E-state index is -4.45. The second-order valence-corrected chi connectivity index (χ2v) is 6.77. The predicted octanol–water partition coefficient (Wildman–Crippen LogP) is 2.22. The smallest absolute Gasteiger partial charge is 0.294 e. The zero-order valence-corrected chi connectivity index (χ0v) is 12.8. The van der Waals surface area contributed by atoms with Crippen LogP contribution in [0.2, 0.25) is 0 Å². The van der Waals surface area contributed by atoms with Crippen LogP contribution in [-0.2, 0) is 10.1 Å². The lowest BCUT2D eigenvalue weighted by molar-refractivity contribution is -0.0714. The summed E-state index contributed by atoms with van der Waals surface area (Å²) in [4.78, 5) is -0.368. The molecule has 2 atom stereocenters. The van der Waals surface area contributed by atoms with Gasteiger partial charge in [0, 0.05) is 5.56 Å². The lowest BCUT2D eigenvalue weighted by Crippen LogP contribution is -2.33. The summed E-state index contributed by atoms with van der Waals surface area (Å²) in [7, 11) is -4.45. The second kappa shape index (κ2) is 6.22. The van der Waals surface area contributed by atoms with Gasteiger partial charge in [-0.3, -0.25) is 4.55 Å². The summed E-state index contributed by atoms with van der Waals surface area (Å²) >= 11 is 0. The molecule has 0 saturated carbocycles. The van der Waals surface area contributed by atoms with E-state index in [0.717, 1.165) is 12.0 Å². The van der Waals surface area contributed by atoms with Crippen molar-refractivity contribution >= 4 is 10.1 Å². The van der Waals surface area contributed by atoms with E-state index in [0.29, 0.717) is 12.8 Å². The number of unbranched alkanes of at least 4 members (excludes halogenated alkanes) is 1. The van der Waals surface area contributed by atoms with Gasteiger partial charge in [0.15, 0.2) is 0 Å². The van der Waals surface area contributed by atoms with E-state index in [1.54, 1.807) is 6.92 Å². The maximum atomic E-state index is 11.4. The highest BCUT2D eigenvalue weighted by molar-refractivity contribution is 7.85. The SMILES string of the molecule is CCCC[C@@](C)(O)C(O)c1cc(C)ccc1S(=O)(=O)O. The molecule has 6 heteroatoms. The average molecular weight is 302 g/mol. The number of aliphatic hydroxyl groups is 2. The van der Waals surface area contributed by atoms with Crippen molar-refractivity contribution < 1.29 is 23.2 Å². The Morgan fingerprint density at radius 3 is 2.45 bits per heavy atom. The van der Waals surface area contributed by atoms with E-state index in [1.165, 1.54) is 25.1 Å². The van der Waals surface area contributed by atoms with Crippen molar-refractivity contribution in [2.24, 2.45) is 0 Å². The van der Waals surface area contributed by atoms with E-state index < -0.39 is 21.8 Å². The van der Waals surface area contributed by atoms with Crippen molar-refractivity contribution in [2.75, 3.05) is 0 Å². The van der Waals surface area contributed by atoms with Gasteiger partial charge in [-0.25, -0.2) is 0 Å². The molecule has 114 valence electrons. The standard InChI is InChI=1S/C14H22O5S/c1-4-5-8-14(3,16)13(15)11-9-10(2)6-7-12(11)20(17,18)19/h6-7,9,13,15-16H,4-5,8H2,1-3H3,(H,17,18,19)/t13?,14-/m1/s1. The van der Waals surface area contributed by atoms with Gasteiger partial charge in [-0.05, 0) is 26.3 Å². The first-order valence-electron chi connectivity index (χ1n) is 6.58. The molecule has 1 rings (SSSR count). The summed E-state index contributed by atoms with van der Waals surface area (Å²) in [6.07, 6.45) is 0.508. The molecule has 1 aromatic rings. The highest BCUT2D eigenvalue weighted by atomic mass is 32.2. The Hall–Kier alpha value is -0.950. The Labute approximate surface area is 120 Å². The van der Waals surface area contributed by atoms with Crippen LogP contribution in [-0.4, -0.2) is 28.8 Å². The Bertz CT molecular complexity index is 563. The maximum Gasteiger partial charge on any atom is 0.294 e. The highest BCUT2D eigenvalue weighted by Crippen LogP contribution is 2.34. The zero-order chi connectivity index (χ0) is 15.6. The summed E-state index contributed by atoms with van der Waals surface area (Å²) < 4.78 is 32.0. The third-order valence-corrected chi connectivity index (χ3v) is 4.29. The first-order valence-corrected chi connectivity index (χ1v) is 8.02. The Morgan fingerprint density at radius 2 is 1.95 bits per heavy atom. The molecule has 0 radical (unpaired) electrons. The van der Waals surface area contributed by atoms with Gasteiger partial charge < -0.3 is 10.2 Å². The van der Waals surface area contributed by atoms with Crippen molar-refractivity contribution in [3.05, 3.63) is 29.3 Å². The van der Waals surface area contributed by atoms with Gasteiger partial charge in [0.2, 0.25) is 0 Å². The van der Waals surface area contributed by atoms with Gasteiger partial charge in [0.05, 0.1) is 10.5 Å². The van der Waals surface area contributed by atoms with Crippen LogP contribution in [0.1, 0.15) is 50.3 Å².